The molecule has 0 amide bonds. The van der Waals surface area contributed by atoms with Crippen LogP contribution in [0.1, 0.15) is 45.4 Å². The van der Waals surface area contributed by atoms with Crippen LogP contribution in [-0.2, 0) is 9.59 Å². The number of unbranched alkanes of at least 4 members (excludes halogenated alkanes) is 1. The van der Waals surface area contributed by atoms with Gasteiger partial charge < -0.3 is 20.3 Å². The molecule has 0 aliphatic carbocycles. The zero-order valence-corrected chi connectivity index (χ0v) is 14.0. The Morgan fingerprint density at radius 3 is 2.32 bits per heavy atom. The highest BCUT2D eigenvalue weighted by molar-refractivity contribution is 6.40. The third-order valence-electron chi connectivity index (χ3n) is 4.34. The quantitative estimate of drug-likeness (QED) is 0.430. The molecule has 128 valence electrons. The van der Waals surface area contributed by atoms with Gasteiger partial charge in [-0.05, 0) is 64.6 Å². The standard InChI is InChI=1S/C14H31BN2O2.CO2/c1-13-6-10-17(11-7-13)12-8-14(16-2)5-3-4-9-15(18)19;2-1-3/h13-14,16,18-19H,3-12H2,1-2H3;. The number of piperidine rings is 1. The molecule has 0 bridgehead atoms. The molecule has 1 unspecified atom stereocenters. The zero-order chi connectivity index (χ0) is 16.8. The van der Waals surface area contributed by atoms with Gasteiger partial charge in [-0.25, -0.2) is 0 Å². The molecule has 22 heavy (non-hydrogen) atoms. The summed E-state index contributed by atoms with van der Waals surface area (Å²) in [6.45, 7) is 6.06. The lowest BCUT2D eigenvalue weighted by atomic mass is 9.83. The van der Waals surface area contributed by atoms with Crippen molar-refractivity contribution in [1.82, 2.24) is 10.2 Å². The molecule has 0 spiro atoms. The topological polar surface area (TPSA) is 89.9 Å². The minimum atomic E-state index is -1.14. The van der Waals surface area contributed by atoms with Crippen molar-refractivity contribution >= 4 is 13.3 Å². The van der Waals surface area contributed by atoms with E-state index in [0.717, 1.165) is 25.2 Å². The van der Waals surface area contributed by atoms with Gasteiger partial charge >= 0.3 is 13.3 Å². The van der Waals surface area contributed by atoms with E-state index in [-0.39, 0.29) is 6.15 Å². The Morgan fingerprint density at radius 2 is 1.82 bits per heavy atom. The highest BCUT2D eigenvalue weighted by atomic mass is 16.4. The first-order chi connectivity index (χ1) is 10.5. The van der Waals surface area contributed by atoms with Gasteiger partial charge in [-0.2, -0.15) is 9.59 Å². The van der Waals surface area contributed by atoms with E-state index in [2.05, 4.69) is 17.1 Å². The second-order valence-electron chi connectivity index (χ2n) is 6.15. The Labute approximate surface area is 134 Å². The lowest BCUT2D eigenvalue weighted by Crippen LogP contribution is -2.37. The molecule has 0 aromatic heterocycles. The summed E-state index contributed by atoms with van der Waals surface area (Å²) in [5.74, 6) is 0.904. The van der Waals surface area contributed by atoms with Gasteiger partial charge in [0.2, 0.25) is 0 Å². The van der Waals surface area contributed by atoms with Crippen LogP contribution in [0.15, 0.2) is 0 Å². The van der Waals surface area contributed by atoms with Crippen molar-refractivity contribution in [3.05, 3.63) is 0 Å². The summed E-state index contributed by atoms with van der Waals surface area (Å²) in [5, 5.41) is 21.0. The van der Waals surface area contributed by atoms with Crippen LogP contribution >= 0.6 is 0 Å². The second kappa shape index (κ2) is 13.9. The van der Waals surface area contributed by atoms with Gasteiger partial charge in [-0.1, -0.05) is 19.8 Å². The molecule has 6 nitrogen and oxygen atoms in total. The molecule has 3 N–H and O–H groups in total. The minimum Gasteiger partial charge on any atom is -0.427 e. The van der Waals surface area contributed by atoms with Gasteiger partial charge in [0.15, 0.2) is 0 Å². The van der Waals surface area contributed by atoms with E-state index in [0.29, 0.717) is 12.4 Å². The second-order valence-corrected chi connectivity index (χ2v) is 6.15. The molecule has 1 heterocycles. The number of nitrogens with zero attached hydrogens (tertiary/aromatic N) is 1. The molecule has 0 radical (unpaired) electrons. The van der Waals surface area contributed by atoms with E-state index in [1.807, 2.05) is 7.05 Å². The van der Waals surface area contributed by atoms with E-state index < -0.39 is 7.12 Å². The fourth-order valence-corrected chi connectivity index (χ4v) is 2.77. The average Bonchev–Trinajstić information content (AvgIpc) is 2.49. The van der Waals surface area contributed by atoms with Crippen LogP contribution in [0.3, 0.4) is 0 Å². The van der Waals surface area contributed by atoms with Crippen molar-refractivity contribution in [3.63, 3.8) is 0 Å². The van der Waals surface area contributed by atoms with Crippen molar-refractivity contribution in [2.75, 3.05) is 26.7 Å². The molecule has 1 aliphatic heterocycles. The normalized spacial score (nSPS) is 17.3. The maximum Gasteiger partial charge on any atom is 0.451 e. The molecule has 7 heteroatoms. The SMILES string of the molecule is CNC(CCCCB(O)O)CCN1CCC(C)CC1.O=C=O. The van der Waals surface area contributed by atoms with E-state index in [4.69, 9.17) is 19.6 Å². The van der Waals surface area contributed by atoms with E-state index in [1.165, 1.54) is 38.9 Å². The fraction of sp³-hybridized carbons (Fsp3) is 0.933. The molecular weight excluding hydrogens is 283 g/mol. The predicted molar refractivity (Wildman–Crippen MR) is 86.2 cm³/mol. The van der Waals surface area contributed by atoms with Gasteiger partial charge in [0.1, 0.15) is 0 Å². The van der Waals surface area contributed by atoms with E-state index in [9.17, 15) is 0 Å². The van der Waals surface area contributed by atoms with Crippen LogP contribution in [0.4, 0.5) is 0 Å². The molecule has 1 fully saturated rings. The summed E-state index contributed by atoms with van der Waals surface area (Å²) in [6, 6.07) is 0.565. The summed E-state index contributed by atoms with van der Waals surface area (Å²) < 4.78 is 0. The molecule has 1 saturated heterocycles. The fourth-order valence-electron chi connectivity index (χ4n) is 2.77. The minimum absolute atomic E-state index is 0.250. The number of nitrogens with one attached hydrogen (secondary N) is 1. The van der Waals surface area contributed by atoms with Crippen LogP contribution < -0.4 is 5.32 Å². The van der Waals surface area contributed by atoms with Gasteiger partial charge in [-0.15, -0.1) is 0 Å². The summed E-state index contributed by atoms with van der Waals surface area (Å²) in [5.41, 5.74) is 0. The van der Waals surface area contributed by atoms with Crippen molar-refractivity contribution in [1.29, 1.82) is 0 Å². The lowest BCUT2D eigenvalue weighted by molar-refractivity contribution is -0.191. The van der Waals surface area contributed by atoms with Crippen LogP contribution in [0, 0.1) is 5.92 Å². The van der Waals surface area contributed by atoms with Gasteiger partial charge in [0, 0.05) is 6.04 Å². The summed E-state index contributed by atoms with van der Waals surface area (Å²) in [7, 11) is 0.896. The molecule has 0 saturated carbocycles. The van der Waals surface area contributed by atoms with Crippen LogP contribution in [0.25, 0.3) is 0 Å². The van der Waals surface area contributed by atoms with Gasteiger partial charge in [0.25, 0.3) is 0 Å². The van der Waals surface area contributed by atoms with Crippen LogP contribution in [-0.4, -0.2) is 60.9 Å². The maximum atomic E-state index is 8.80. The highest BCUT2D eigenvalue weighted by Crippen LogP contribution is 2.17. The van der Waals surface area contributed by atoms with Gasteiger partial charge in [0.05, 0.1) is 0 Å². The van der Waals surface area contributed by atoms with Crippen LogP contribution in [0.2, 0.25) is 6.32 Å². The molecular formula is C15H31BN2O4. The Balaban J connectivity index is 0.00000135. The summed E-state index contributed by atoms with van der Waals surface area (Å²) in [4.78, 5) is 18.8. The third-order valence-corrected chi connectivity index (χ3v) is 4.34. The van der Waals surface area contributed by atoms with E-state index in [1.54, 1.807) is 0 Å². The first kappa shape index (κ1) is 21.3. The highest BCUT2D eigenvalue weighted by Gasteiger charge is 2.16. The van der Waals surface area contributed by atoms with Crippen molar-refractivity contribution in [3.8, 4) is 0 Å². The lowest BCUT2D eigenvalue weighted by Gasteiger charge is -2.31. The summed E-state index contributed by atoms with van der Waals surface area (Å²) >= 11 is 0. The smallest absolute Gasteiger partial charge is 0.427 e. The Morgan fingerprint density at radius 1 is 1.23 bits per heavy atom. The predicted octanol–water partition coefficient (Wildman–Crippen LogP) is 0.756. The number of hydrogen-bond acceptors (Lipinski definition) is 6. The number of likely N-dealkylation sites (tertiary alicyclic amines) is 1. The average molecular weight is 314 g/mol. The largest absolute Gasteiger partial charge is 0.451 e. The molecule has 1 aliphatic rings. The van der Waals surface area contributed by atoms with Gasteiger partial charge in [-0.3, -0.25) is 0 Å². The molecule has 0 aromatic rings. The first-order valence-corrected chi connectivity index (χ1v) is 8.28. The van der Waals surface area contributed by atoms with Crippen molar-refractivity contribution in [2.45, 2.75) is 57.8 Å². The Kier molecular flexibility index (Phi) is 13.5. The van der Waals surface area contributed by atoms with E-state index >= 15 is 0 Å². The molecule has 1 atom stereocenters. The van der Waals surface area contributed by atoms with Crippen LogP contribution in [0.5, 0.6) is 0 Å². The monoisotopic (exact) mass is 314 g/mol. The number of hydrogen-bond donors (Lipinski definition) is 3. The molecule has 1 rings (SSSR count). The maximum absolute atomic E-state index is 8.80. The number of carbonyl (C=O) groups excluding carboxylic acids is 2. The Hall–Kier alpha value is -0.715. The number of rotatable bonds is 9. The zero-order valence-electron chi connectivity index (χ0n) is 14.0. The Bertz CT molecular complexity index is 291. The van der Waals surface area contributed by atoms with Crippen molar-refractivity contribution < 1.29 is 19.6 Å². The first-order valence-electron chi connectivity index (χ1n) is 8.28. The third kappa shape index (κ3) is 11.9. The molecule has 0 aromatic carbocycles. The summed E-state index contributed by atoms with van der Waals surface area (Å²) in [6.07, 6.45) is 7.74. The van der Waals surface area contributed by atoms with Crippen molar-refractivity contribution in [2.24, 2.45) is 5.92 Å².